The average molecular weight is 225 g/mol. The lowest BCUT2D eigenvalue weighted by atomic mass is 9.88. The van der Waals surface area contributed by atoms with E-state index in [0.29, 0.717) is 18.8 Å². The highest BCUT2D eigenvalue weighted by atomic mass is 16.5. The van der Waals surface area contributed by atoms with Gasteiger partial charge in [-0.1, -0.05) is 5.16 Å². The third-order valence-electron chi connectivity index (χ3n) is 3.24. The second-order valence-corrected chi connectivity index (χ2v) is 4.31. The molecule has 2 rings (SSSR count). The first kappa shape index (κ1) is 11.1. The fourth-order valence-corrected chi connectivity index (χ4v) is 2.11. The zero-order valence-electron chi connectivity index (χ0n) is 9.22. The van der Waals surface area contributed by atoms with Crippen molar-refractivity contribution in [3.05, 3.63) is 12.2 Å². The summed E-state index contributed by atoms with van der Waals surface area (Å²) < 4.78 is 4.65. The zero-order valence-corrected chi connectivity index (χ0v) is 9.22. The lowest BCUT2D eigenvalue weighted by molar-refractivity contribution is -0.153. The van der Waals surface area contributed by atoms with Crippen LogP contribution in [-0.2, 0) is 11.3 Å². The van der Waals surface area contributed by atoms with Gasteiger partial charge in [0.05, 0.1) is 6.54 Å². The molecule has 1 aliphatic heterocycles. The van der Waals surface area contributed by atoms with Crippen LogP contribution in [0, 0.1) is 0 Å². The van der Waals surface area contributed by atoms with Crippen LogP contribution in [0.2, 0.25) is 0 Å². The molecule has 16 heavy (non-hydrogen) atoms. The SMILES string of the molecule is CC1(C(=O)O)CCCCN1Cc1ncon1. The maximum atomic E-state index is 11.3. The molecule has 1 saturated heterocycles. The van der Waals surface area contributed by atoms with Gasteiger partial charge in [0.15, 0.2) is 5.82 Å². The molecule has 6 nitrogen and oxygen atoms in total. The third kappa shape index (κ3) is 1.92. The van der Waals surface area contributed by atoms with Crippen molar-refractivity contribution in [1.29, 1.82) is 0 Å². The van der Waals surface area contributed by atoms with Crippen LogP contribution in [0.15, 0.2) is 10.9 Å². The molecule has 0 aromatic carbocycles. The van der Waals surface area contributed by atoms with Crippen LogP contribution in [0.3, 0.4) is 0 Å². The Labute approximate surface area is 93.2 Å². The minimum absolute atomic E-state index is 0.430. The number of carboxylic acid groups (broad SMARTS) is 1. The molecule has 88 valence electrons. The van der Waals surface area contributed by atoms with Gasteiger partial charge < -0.3 is 9.63 Å². The lowest BCUT2D eigenvalue weighted by Crippen LogP contribution is -2.54. The molecule has 0 bridgehead atoms. The first-order valence-electron chi connectivity index (χ1n) is 5.36. The Morgan fingerprint density at radius 1 is 1.69 bits per heavy atom. The molecule has 2 heterocycles. The smallest absolute Gasteiger partial charge is 0.323 e. The van der Waals surface area contributed by atoms with Crippen molar-refractivity contribution >= 4 is 5.97 Å². The van der Waals surface area contributed by atoms with E-state index in [4.69, 9.17) is 0 Å². The van der Waals surface area contributed by atoms with Crippen molar-refractivity contribution in [1.82, 2.24) is 15.0 Å². The van der Waals surface area contributed by atoms with Crippen LogP contribution in [0.1, 0.15) is 32.0 Å². The molecule has 1 aromatic rings. The van der Waals surface area contributed by atoms with Gasteiger partial charge in [-0.15, -0.1) is 0 Å². The van der Waals surface area contributed by atoms with E-state index in [2.05, 4.69) is 14.7 Å². The second kappa shape index (κ2) is 4.21. The summed E-state index contributed by atoms with van der Waals surface area (Å²) in [6, 6.07) is 0. The molecule has 0 saturated carbocycles. The lowest BCUT2D eigenvalue weighted by Gasteiger charge is -2.40. The molecule has 1 unspecified atom stereocenters. The Bertz CT molecular complexity index is 365. The molecule has 1 atom stereocenters. The topological polar surface area (TPSA) is 79.5 Å². The van der Waals surface area contributed by atoms with Gasteiger partial charge in [-0.05, 0) is 32.7 Å². The summed E-state index contributed by atoms with van der Waals surface area (Å²) in [5.41, 5.74) is -0.807. The van der Waals surface area contributed by atoms with Crippen molar-refractivity contribution in [3.63, 3.8) is 0 Å². The molecule has 1 aliphatic rings. The van der Waals surface area contributed by atoms with Crippen LogP contribution in [0.5, 0.6) is 0 Å². The van der Waals surface area contributed by atoms with Crippen LogP contribution >= 0.6 is 0 Å². The molecule has 1 aromatic heterocycles. The van der Waals surface area contributed by atoms with E-state index in [1.807, 2.05) is 4.90 Å². The largest absolute Gasteiger partial charge is 0.480 e. The van der Waals surface area contributed by atoms with Gasteiger partial charge in [0, 0.05) is 0 Å². The molecule has 0 aliphatic carbocycles. The second-order valence-electron chi connectivity index (χ2n) is 4.31. The Balaban J connectivity index is 2.14. The van der Waals surface area contributed by atoms with Gasteiger partial charge in [0.1, 0.15) is 5.54 Å². The van der Waals surface area contributed by atoms with Crippen LogP contribution in [-0.4, -0.2) is 38.2 Å². The molecule has 0 spiro atoms. The van der Waals surface area contributed by atoms with E-state index in [1.165, 1.54) is 6.39 Å². The Morgan fingerprint density at radius 3 is 3.12 bits per heavy atom. The number of carboxylic acids is 1. The third-order valence-corrected chi connectivity index (χ3v) is 3.24. The number of rotatable bonds is 3. The Hall–Kier alpha value is -1.43. The van der Waals surface area contributed by atoms with Gasteiger partial charge in [0.2, 0.25) is 6.39 Å². The standard InChI is InChI=1S/C10H15N3O3/c1-10(9(14)15)4-2-3-5-13(10)6-8-11-7-16-12-8/h7H,2-6H2,1H3,(H,14,15). The van der Waals surface area contributed by atoms with E-state index in [9.17, 15) is 9.90 Å². The van der Waals surface area contributed by atoms with Crippen molar-refractivity contribution in [2.24, 2.45) is 0 Å². The molecular weight excluding hydrogens is 210 g/mol. The predicted molar refractivity (Wildman–Crippen MR) is 54.6 cm³/mol. The number of likely N-dealkylation sites (tertiary alicyclic amines) is 1. The first-order valence-corrected chi connectivity index (χ1v) is 5.36. The Kier molecular flexibility index (Phi) is 2.91. The van der Waals surface area contributed by atoms with Crippen LogP contribution in [0.25, 0.3) is 0 Å². The average Bonchev–Trinajstić information content (AvgIpc) is 2.74. The number of aromatic nitrogens is 2. The highest BCUT2D eigenvalue weighted by molar-refractivity contribution is 5.78. The normalized spacial score (nSPS) is 26.8. The zero-order chi connectivity index (χ0) is 11.6. The molecule has 1 N–H and O–H groups in total. The summed E-state index contributed by atoms with van der Waals surface area (Å²) in [6.07, 6.45) is 3.89. The summed E-state index contributed by atoms with van der Waals surface area (Å²) in [5, 5.41) is 13.0. The van der Waals surface area contributed by atoms with Crippen molar-refractivity contribution < 1.29 is 14.4 Å². The predicted octanol–water partition coefficient (Wildman–Crippen LogP) is 0.899. The molecule has 0 radical (unpaired) electrons. The number of hydrogen-bond acceptors (Lipinski definition) is 5. The summed E-state index contributed by atoms with van der Waals surface area (Å²) in [6.45, 7) is 2.95. The number of aliphatic carboxylic acids is 1. The Morgan fingerprint density at radius 2 is 2.50 bits per heavy atom. The fraction of sp³-hybridized carbons (Fsp3) is 0.700. The molecular formula is C10H15N3O3. The van der Waals surface area contributed by atoms with E-state index >= 15 is 0 Å². The van der Waals surface area contributed by atoms with Crippen molar-refractivity contribution in [2.45, 2.75) is 38.3 Å². The monoisotopic (exact) mass is 225 g/mol. The first-order chi connectivity index (χ1) is 7.63. The van der Waals surface area contributed by atoms with E-state index in [-0.39, 0.29) is 0 Å². The van der Waals surface area contributed by atoms with E-state index in [0.717, 1.165) is 19.4 Å². The summed E-state index contributed by atoms with van der Waals surface area (Å²) in [7, 11) is 0. The van der Waals surface area contributed by atoms with Gasteiger partial charge in [-0.3, -0.25) is 9.69 Å². The van der Waals surface area contributed by atoms with Crippen molar-refractivity contribution in [3.8, 4) is 0 Å². The minimum Gasteiger partial charge on any atom is -0.480 e. The van der Waals surface area contributed by atoms with Gasteiger partial charge in [0.25, 0.3) is 0 Å². The van der Waals surface area contributed by atoms with Crippen LogP contribution in [0.4, 0.5) is 0 Å². The highest BCUT2D eigenvalue weighted by Gasteiger charge is 2.41. The highest BCUT2D eigenvalue weighted by Crippen LogP contribution is 2.29. The molecule has 0 amide bonds. The molecule has 1 fully saturated rings. The molecule has 6 heteroatoms. The summed E-state index contributed by atoms with van der Waals surface area (Å²) in [5.74, 6) is -0.245. The van der Waals surface area contributed by atoms with Gasteiger partial charge in [-0.25, -0.2) is 0 Å². The quantitative estimate of drug-likeness (QED) is 0.823. The van der Waals surface area contributed by atoms with Crippen LogP contribution < -0.4 is 0 Å². The van der Waals surface area contributed by atoms with E-state index < -0.39 is 11.5 Å². The van der Waals surface area contributed by atoms with Gasteiger partial charge >= 0.3 is 5.97 Å². The number of piperidine rings is 1. The summed E-state index contributed by atoms with van der Waals surface area (Å²) >= 11 is 0. The number of nitrogens with zero attached hydrogens (tertiary/aromatic N) is 3. The fourth-order valence-electron chi connectivity index (χ4n) is 2.11. The minimum atomic E-state index is -0.807. The number of carbonyl (C=O) groups is 1. The van der Waals surface area contributed by atoms with Crippen molar-refractivity contribution in [2.75, 3.05) is 6.54 Å². The maximum absolute atomic E-state index is 11.3. The maximum Gasteiger partial charge on any atom is 0.323 e. The summed E-state index contributed by atoms with van der Waals surface area (Å²) in [4.78, 5) is 17.1. The van der Waals surface area contributed by atoms with Gasteiger partial charge in [-0.2, -0.15) is 4.98 Å². The van der Waals surface area contributed by atoms with E-state index in [1.54, 1.807) is 6.92 Å². The number of hydrogen-bond donors (Lipinski definition) is 1.